The number of allylic oxidation sites excluding steroid dienone is 2. The number of rotatable bonds is 15. The highest BCUT2D eigenvalue weighted by molar-refractivity contribution is 7.71. The van der Waals surface area contributed by atoms with Crippen molar-refractivity contribution in [1.82, 2.24) is 20.8 Å². The highest BCUT2D eigenvalue weighted by Gasteiger charge is 2.10. The second-order valence-electron chi connectivity index (χ2n) is 6.81. The minimum absolute atomic E-state index is 0.274. The standard InChI is InChI=1S/C20H34N4O3S/c1-2-3-15-21-18(25)19(26)22-16-13-11-9-7-5-4-6-8-10-12-14-17-23-20(28)27-24-17/h5,7H,2-4,6,8-16H2,1H3,(H,21,25)(H,22,26)(H,23,24,28)/b7-5-. The highest BCUT2D eigenvalue weighted by atomic mass is 32.1. The Hall–Kier alpha value is -1.96. The molecule has 0 atom stereocenters. The van der Waals surface area contributed by atoms with Gasteiger partial charge in [-0.2, -0.15) is 4.98 Å². The summed E-state index contributed by atoms with van der Waals surface area (Å²) in [7, 11) is 0. The van der Waals surface area contributed by atoms with Crippen LogP contribution in [-0.4, -0.2) is 35.0 Å². The zero-order chi connectivity index (χ0) is 20.5. The van der Waals surface area contributed by atoms with Crippen LogP contribution in [0.15, 0.2) is 16.7 Å². The fourth-order valence-corrected chi connectivity index (χ4v) is 2.79. The van der Waals surface area contributed by atoms with E-state index in [0.717, 1.165) is 57.2 Å². The number of carbonyl (C=O) groups excluding carboxylic acids is 2. The molecule has 28 heavy (non-hydrogen) atoms. The van der Waals surface area contributed by atoms with Crippen molar-refractivity contribution in [2.75, 3.05) is 13.1 Å². The Morgan fingerprint density at radius 2 is 1.57 bits per heavy atom. The Morgan fingerprint density at radius 1 is 0.964 bits per heavy atom. The maximum absolute atomic E-state index is 11.5. The zero-order valence-electron chi connectivity index (χ0n) is 16.9. The van der Waals surface area contributed by atoms with Crippen LogP contribution < -0.4 is 10.6 Å². The van der Waals surface area contributed by atoms with Crippen molar-refractivity contribution in [3.63, 3.8) is 0 Å². The van der Waals surface area contributed by atoms with Crippen LogP contribution in [-0.2, 0) is 16.0 Å². The number of H-pyrrole nitrogens is 1. The lowest BCUT2D eigenvalue weighted by Crippen LogP contribution is -2.40. The van der Waals surface area contributed by atoms with Gasteiger partial charge < -0.3 is 15.2 Å². The molecule has 0 bridgehead atoms. The number of aryl methyl sites for hydroxylation is 1. The van der Waals surface area contributed by atoms with Crippen molar-refractivity contribution >= 4 is 24.0 Å². The molecule has 0 aromatic carbocycles. The first kappa shape index (κ1) is 24.1. The third kappa shape index (κ3) is 12.4. The fraction of sp³-hybridized carbons (Fsp3) is 0.700. The van der Waals surface area contributed by atoms with Gasteiger partial charge in [0.05, 0.1) is 0 Å². The molecule has 3 N–H and O–H groups in total. The average Bonchev–Trinajstić information content (AvgIpc) is 3.10. The molecule has 1 rings (SSSR count). The third-order valence-corrected chi connectivity index (χ3v) is 4.46. The van der Waals surface area contributed by atoms with Crippen molar-refractivity contribution < 1.29 is 14.1 Å². The van der Waals surface area contributed by atoms with E-state index >= 15 is 0 Å². The SMILES string of the molecule is CCCCNC(=O)C(=O)NCCCC/C=C\CCCCCCc1nc(=S)o[nH]1. The van der Waals surface area contributed by atoms with Crippen molar-refractivity contribution in [2.45, 2.75) is 77.6 Å². The molecule has 0 unspecified atom stereocenters. The van der Waals surface area contributed by atoms with Gasteiger partial charge in [-0.25, -0.2) is 5.16 Å². The lowest BCUT2D eigenvalue weighted by atomic mass is 10.1. The van der Waals surface area contributed by atoms with Crippen LogP contribution in [0.1, 0.15) is 77.0 Å². The molecule has 0 fully saturated rings. The monoisotopic (exact) mass is 410 g/mol. The molecule has 1 heterocycles. The number of aromatic amines is 1. The van der Waals surface area contributed by atoms with Gasteiger partial charge in [0.25, 0.3) is 0 Å². The van der Waals surface area contributed by atoms with E-state index in [0.29, 0.717) is 13.1 Å². The third-order valence-electron chi connectivity index (χ3n) is 4.29. The summed E-state index contributed by atoms with van der Waals surface area (Å²) in [5, 5.41) is 7.99. The van der Waals surface area contributed by atoms with Gasteiger partial charge in [-0.3, -0.25) is 9.59 Å². The molecular weight excluding hydrogens is 376 g/mol. The van der Waals surface area contributed by atoms with E-state index in [-0.39, 0.29) is 4.84 Å². The lowest BCUT2D eigenvalue weighted by molar-refractivity contribution is -0.139. The Kier molecular flexibility index (Phi) is 13.8. The second kappa shape index (κ2) is 16.0. The van der Waals surface area contributed by atoms with Crippen molar-refractivity contribution in [2.24, 2.45) is 0 Å². The smallest absolute Gasteiger partial charge is 0.314 e. The van der Waals surface area contributed by atoms with Gasteiger partial charge in [-0.1, -0.05) is 38.3 Å². The highest BCUT2D eigenvalue weighted by Crippen LogP contribution is 2.07. The van der Waals surface area contributed by atoms with Gasteiger partial charge in [-0.15, -0.1) is 0 Å². The minimum atomic E-state index is -0.530. The zero-order valence-corrected chi connectivity index (χ0v) is 17.7. The van der Waals surface area contributed by atoms with E-state index in [4.69, 9.17) is 16.7 Å². The Morgan fingerprint density at radius 3 is 2.18 bits per heavy atom. The molecule has 2 amide bonds. The van der Waals surface area contributed by atoms with Crippen molar-refractivity contribution in [3.8, 4) is 0 Å². The van der Waals surface area contributed by atoms with E-state index in [1.807, 2.05) is 6.92 Å². The van der Waals surface area contributed by atoms with E-state index in [9.17, 15) is 9.59 Å². The summed E-state index contributed by atoms with van der Waals surface area (Å²) in [5.74, 6) is -0.228. The van der Waals surface area contributed by atoms with Gasteiger partial charge >= 0.3 is 16.7 Å². The maximum atomic E-state index is 11.5. The average molecular weight is 411 g/mol. The van der Waals surface area contributed by atoms with E-state index < -0.39 is 11.8 Å². The molecule has 0 aliphatic carbocycles. The Bertz CT molecular complexity index is 639. The second-order valence-corrected chi connectivity index (χ2v) is 7.16. The molecule has 0 saturated heterocycles. The van der Waals surface area contributed by atoms with Gasteiger partial charge in [0.1, 0.15) is 5.82 Å². The first-order valence-electron chi connectivity index (χ1n) is 10.4. The van der Waals surface area contributed by atoms with Crippen LogP contribution in [0.4, 0.5) is 0 Å². The van der Waals surface area contributed by atoms with Crippen LogP contribution in [0, 0.1) is 4.84 Å². The number of hydrogen-bond acceptors (Lipinski definition) is 5. The molecule has 0 aliphatic heterocycles. The maximum Gasteiger partial charge on any atom is 0.314 e. The number of nitrogens with one attached hydrogen (secondary N) is 3. The van der Waals surface area contributed by atoms with Gasteiger partial charge in [0, 0.05) is 19.5 Å². The molecule has 0 aliphatic rings. The number of carbonyl (C=O) groups is 2. The van der Waals surface area contributed by atoms with Crippen LogP contribution in [0.2, 0.25) is 0 Å². The minimum Gasteiger partial charge on any atom is -0.348 e. The largest absolute Gasteiger partial charge is 0.348 e. The summed E-state index contributed by atoms with van der Waals surface area (Å²) in [6.45, 7) is 3.15. The molecular formula is C20H34N4O3S. The summed E-state index contributed by atoms with van der Waals surface area (Å²) in [6.07, 6.45) is 15.8. The van der Waals surface area contributed by atoms with E-state index in [2.05, 4.69) is 32.9 Å². The molecule has 7 nitrogen and oxygen atoms in total. The predicted molar refractivity (Wildman–Crippen MR) is 112 cm³/mol. The molecule has 8 heteroatoms. The Balaban J connectivity index is 1.87. The molecule has 1 aromatic rings. The number of aromatic nitrogens is 2. The first-order valence-corrected chi connectivity index (χ1v) is 10.8. The quantitative estimate of drug-likeness (QED) is 0.176. The summed E-state index contributed by atoms with van der Waals surface area (Å²) in [4.78, 5) is 27.4. The summed E-state index contributed by atoms with van der Waals surface area (Å²) >= 11 is 4.82. The van der Waals surface area contributed by atoms with Gasteiger partial charge in [0.2, 0.25) is 0 Å². The lowest BCUT2D eigenvalue weighted by Gasteiger charge is -2.05. The van der Waals surface area contributed by atoms with Crippen LogP contribution >= 0.6 is 12.2 Å². The topological polar surface area (TPSA) is 100 Å². The fourth-order valence-electron chi connectivity index (χ4n) is 2.64. The first-order chi connectivity index (χ1) is 13.6. The van der Waals surface area contributed by atoms with Crippen LogP contribution in [0.3, 0.4) is 0 Å². The van der Waals surface area contributed by atoms with Crippen LogP contribution in [0.5, 0.6) is 0 Å². The molecule has 158 valence electrons. The van der Waals surface area contributed by atoms with E-state index in [1.165, 1.54) is 19.3 Å². The number of hydrogen-bond donors (Lipinski definition) is 3. The predicted octanol–water partition coefficient (Wildman–Crippen LogP) is 3.98. The van der Waals surface area contributed by atoms with Gasteiger partial charge in [0.15, 0.2) is 0 Å². The summed E-state index contributed by atoms with van der Waals surface area (Å²) in [5.41, 5.74) is 0. The number of unbranched alkanes of at least 4 members (excludes halogenated alkanes) is 7. The summed E-state index contributed by atoms with van der Waals surface area (Å²) in [6, 6.07) is 0. The van der Waals surface area contributed by atoms with Crippen LogP contribution in [0.25, 0.3) is 0 Å². The van der Waals surface area contributed by atoms with E-state index in [1.54, 1.807) is 0 Å². The normalized spacial score (nSPS) is 11.0. The molecule has 0 radical (unpaired) electrons. The number of amides is 2. The molecule has 0 saturated carbocycles. The van der Waals surface area contributed by atoms with Crippen molar-refractivity contribution in [3.05, 3.63) is 22.8 Å². The van der Waals surface area contributed by atoms with Gasteiger partial charge in [-0.05, 0) is 57.2 Å². The summed E-state index contributed by atoms with van der Waals surface area (Å²) < 4.78 is 4.89. The molecule has 1 aromatic heterocycles. The number of nitrogens with zero attached hydrogens (tertiary/aromatic N) is 1. The molecule has 0 spiro atoms. The van der Waals surface area contributed by atoms with Crippen molar-refractivity contribution in [1.29, 1.82) is 0 Å². The Labute approximate surface area is 172 Å².